The first-order valence-electron chi connectivity index (χ1n) is 11.3. The van der Waals surface area contributed by atoms with E-state index >= 15 is 0 Å². The zero-order chi connectivity index (χ0) is 26.1. The van der Waals surface area contributed by atoms with Crippen LogP contribution in [-0.2, 0) is 4.79 Å². The third kappa shape index (κ3) is 4.38. The van der Waals surface area contributed by atoms with E-state index in [-0.39, 0.29) is 16.8 Å². The molecule has 37 heavy (non-hydrogen) atoms. The monoisotopic (exact) mass is 516 g/mol. The molecule has 3 aromatic carbocycles. The van der Waals surface area contributed by atoms with Gasteiger partial charge in [-0.3, -0.25) is 14.9 Å². The predicted molar refractivity (Wildman–Crippen MR) is 140 cm³/mol. The SMILES string of the molecule is COc1ccccc1NC(=O)C1=C(C)Nc2nc(-c3ccccc3Cl)nn2C1c1ccccc1[N+](=O)[O-]. The minimum Gasteiger partial charge on any atom is -0.495 e. The van der Waals surface area contributed by atoms with Crippen molar-refractivity contribution in [2.75, 3.05) is 17.7 Å². The maximum absolute atomic E-state index is 13.7. The summed E-state index contributed by atoms with van der Waals surface area (Å²) in [6.07, 6.45) is 0. The number of nitro benzene ring substituents is 1. The second-order valence-corrected chi connectivity index (χ2v) is 8.63. The van der Waals surface area contributed by atoms with E-state index in [4.69, 9.17) is 16.3 Å². The van der Waals surface area contributed by atoms with Gasteiger partial charge in [-0.15, -0.1) is 5.10 Å². The number of ether oxygens (including phenoxy) is 1. The quantitative estimate of drug-likeness (QED) is 0.258. The molecule has 1 atom stereocenters. The molecule has 1 unspecified atom stereocenters. The summed E-state index contributed by atoms with van der Waals surface area (Å²) in [6.45, 7) is 1.71. The number of amides is 1. The minimum absolute atomic E-state index is 0.148. The summed E-state index contributed by atoms with van der Waals surface area (Å²) in [7, 11) is 1.51. The molecule has 1 aromatic heterocycles. The Labute approximate surface area is 216 Å². The number of halogens is 1. The number of carbonyl (C=O) groups is 1. The number of hydrogen-bond acceptors (Lipinski definition) is 7. The first-order valence-corrected chi connectivity index (χ1v) is 11.6. The number of nitrogens with one attached hydrogen (secondary N) is 2. The summed E-state index contributed by atoms with van der Waals surface area (Å²) in [4.78, 5) is 29.8. The standard InChI is InChI=1S/C26H21ClN6O4/c1-15-22(25(34)29-19-12-6-8-14-21(19)37-2)23(17-10-4-7-13-20(17)33(35)36)32-26(28-15)30-24(31-32)16-9-3-5-11-18(16)27/h3-14,23H,1-2H3,(H,29,34)(H,28,30,31). The zero-order valence-electron chi connectivity index (χ0n) is 19.8. The Bertz CT molecular complexity index is 1560. The largest absolute Gasteiger partial charge is 0.495 e. The molecule has 11 heteroatoms. The van der Waals surface area contributed by atoms with Gasteiger partial charge >= 0.3 is 0 Å². The molecule has 5 rings (SSSR count). The molecular weight excluding hydrogens is 496 g/mol. The maximum Gasteiger partial charge on any atom is 0.275 e. The highest BCUT2D eigenvalue weighted by Crippen LogP contribution is 2.41. The van der Waals surface area contributed by atoms with Crippen LogP contribution in [0.15, 0.2) is 84.1 Å². The number of anilines is 2. The van der Waals surface area contributed by atoms with Crippen LogP contribution in [0.4, 0.5) is 17.3 Å². The molecular formula is C26H21ClN6O4. The summed E-state index contributed by atoms with van der Waals surface area (Å²) in [5.74, 6) is 0.640. The van der Waals surface area contributed by atoms with Crippen molar-refractivity contribution in [2.45, 2.75) is 13.0 Å². The molecule has 2 N–H and O–H groups in total. The van der Waals surface area contributed by atoms with Crippen LogP contribution >= 0.6 is 11.6 Å². The highest BCUT2D eigenvalue weighted by Gasteiger charge is 2.38. The molecule has 0 saturated heterocycles. The molecule has 0 radical (unpaired) electrons. The van der Waals surface area contributed by atoms with E-state index in [9.17, 15) is 14.9 Å². The van der Waals surface area contributed by atoms with E-state index in [0.717, 1.165) is 0 Å². The fraction of sp³-hybridized carbons (Fsp3) is 0.115. The van der Waals surface area contributed by atoms with E-state index in [2.05, 4.69) is 20.7 Å². The molecule has 10 nitrogen and oxygen atoms in total. The lowest BCUT2D eigenvalue weighted by molar-refractivity contribution is -0.385. The minimum atomic E-state index is -0.948. The fourth-order valence-electron chi connectivity index (χ4n) is 4.31. The number of nitrogens with zero attached hydrogens (tertiary/aromatic N) is 4. The Hall–Kier alpha value is -4.70. The lowest BCUT2D eigenvalue weighted by Gasteiger charge is -2.28. The molecule has 1 aliphatic heterocycles. The van der Waals surface area contributed by atoms with E-state index in [0.29, 0.717) is 39.5 Å². The van der Waals surface area contributed by atoms with Gasteiger partial charge in [0.05, 0.1) is 33.9 Å². The predicted octanol–water partition coefficient (Wildman–Crippen LogP) is 5.44. The maximum atomic E-state index is 13.7. The fourth-order valence-corrected chi connectivity index (χ4v) is 4.53. The Kier molecular flexibility index (Phi) is 6.33. The van der Waals surface area contributed by atoms with Gasteiger partial charge in [-0.1, -0.05) is 48.0 Å². The van der Waals surface area contributed by atoms with Gasteiger partial charge in [0, 0.05) is 17.3 Å². The molecule has 4 aromatic rings. The molecule has 0 bridgehead atoms. The normalized spacial score (nSPS) is 14.5. The first kappa shape index (κ1) is 24.0. The van der Waals surface area contributed by atoms with E-state index in [1.807, 2.05) is 6.07 Å². The van der Waals surface area contributed by atoms with Gasteiger partial charge in [0.15, 0.2) is 5.82 Å². The lowest BCUT2D eigenvalue weighted by atomic mass is 9.93. The number of nitro groups is 1. The molecule has 0 spiro atoms. The van der Waals surface area contributed by atoms with Crippen LogP contribution in [0.3, 0.4) is 0 Å². The van der Waals surface area contributed by atoms with Gasteiger partial charge in [0.25, 0.3) is 11.6 Å². The number of methoxy groups -OCH3 is 1. The number of allylic oxidation sites excluding steroid dienone is 1. The molecule has 0 fully saturated rings. The number of para-hydroxylation sites is 3. The van der Waals surface area contributed by atoms with Crippen molar-refractivity contribution in [1.82, 2.24) is 14.8 Å². The molecule has 0 saturated carbocycles. The Morgan fingerprint density at radius 1 is 1.11 bits per heavy atom. The van der Waals surface area contributed by atoms with Crippen molar-refractivity contribution in [3.05, 3.63) is 105 Å². The van der Waals surface area contributed by atoms with Crippen molar-refractivity contribution in [1.29, 1.82) is 0 Å². The van der Waals surface area contributed by atoms with Crippen LogP contribution in [0, 0.1) is 10.1 Å². The van der Waals surface area contributed by atoms with Crippen LogP contribution in [0.2, 0.25) is 5.02 Å². The van der Waals surface area contributed by atoms with Crippen molar-refractivity contribution < 1.29 is 14.5 Å². The summed E-state index contributed by atoms with van der Waals surface area (Å²) < 4.78 is 6.84. The van der Waals surface area contributed by atoms with Crippen molar-refractivity contribution in [3.63, 3.8) is 0 Å². The number of benzene rings is 3. The third-order valence-electron chi connectivity index (χ3n) is 6.00. The third-order valence-corrected chi connectivity index (χ3v) is 6.32. The second kappa shape index (κ2) is 9.75. The number of carbonyl (C=O) groups excluding carboxylic acids is 1. The van der Waals surface area contributed by atoms with Crippen LogP contribution in [0.1, 0.15) is 18.5 Å². The topological polar surface area (TPSA) is 124 Å². The summed E-state index contributed by atoms with van der Waals surface area (Å²) >= 11 is 6.38. The van der Waals surface area contributed by atoms with Crippen molar-refractivity contribution in [2.24, 2.45) is 0 Å². The van der Waals surface area contributed by atoms with Gasteiger partial charge in [-0.05, 0) is 37.3 Å². The Morgan fingerprint density at radius 2 is 1.81 bits per heavy atom. The number of fused-ring (bicyclic) bond motifs is 1. The van der Waals surface area contributed by atoms with Crippen LogP contribution < -0.4 is 15.4 Å². The number of hydrogen-bond donors (Lipinski definition) is 2. The van der Waals surface area contributed by atoms with Gasteiger partial charge in [-0.25, -0.2) is 4.68 Å². The van der Waals surface area contributed by atoms with Crippen molar-refractivity contribution in [3.8, 4) is 17.1 Å². The molecule has 1 amide bonds. The highest BCUT2D eigenvalue weighted by atomic mass is 35.5. The molecule has 2 heterocycles. The average Bonchev–Trinajstić information content (AvgIpc) is 3.31. The summed E-state index contributed by atoms with van der Waals surface area (Å²) in [5, 5.41) is 23.1. The van der Waals surface area contributed by atoms with Gasteiger partial charge < -0.3 is 15.4 Å². The lowest BCUT2D eigenvalue weighted by Crippen LogP contribution is -2.32. The van der Waals surface area contributed by atoms with Crippen LogP contribution in [-0.4, -0.2) is 32.7 Å². The van der Waals surface area contributed by atoms with E-state index in [1.165, 1.54) is 17.9 Å². The van der Waals surface area contributed by atoms with E-state index < -0.39 is 16.9 Å². The zero-order valence-corrected chi connectivity index (χ0v) is 20.6. The molecule has 0 aliphatic carbocycles. The smallest absolute Gasteiger partial charge is 0.275 e. The van der Waals surface area contributed by atoms with Crippen LogP contribution in [0.25, 0.3) is 11.4 Å². The summed E-state index contributed by atoms with van der Waals surface area (Å²) in [6, 6.07) is 19.4. The molecule has 1 aliphatic rings. The number of rotatable bonds is 6. The molecule has 186 valence electrons. The number of aromatic nitrogens is 3. The Morgan fingerprint density at radius 3 is 2.57 bits per heavy atom. The highest BCUT2D eigenvalue weighted by molar-refractivity contribution is 6.33. The first-order chi connectivity index (χ1) is 17.9. The Balaban J connectivity index is 1.67. The van der Waals surface area contributed by atoms with Gasteiger partial charge in [-0.2, -0.15) is 4.98 Å². The van der Waals surface area contributed by atoms with E-state index in [1.54, 1.807) is 67.6 Å². The van der Waals surface area contributed by atoms with Gasteiger partial charge in [0.2, 0.25) is 5.95 Å². The van der Waals surface area contributed by atoms with Crippen LogP contribution in [0.5, 0.6) is 5.75 Å². The van der Waals surface area contributed by atoms with Crippen molar-refractivity contribution >= 4 is 34.8 Å². The summed E-state index contributed by atoms with van der Waals surface area (Å²) in [5.41, 5.74) is 1.90. The average molecular weight is 517 g/mol. The van der Waals surface area contributed by atoms with Gasteiger partial charge in [0.1, 0.15) is 11.8 Å². The second-order valence-electron chi connectivity index (χ2n) is 8.22.